The third-order valence-electron chi connectivity index (χ3n) is 2.78. The molecule has 0 aliphatic carbocycles. The molecular formula is C16H29IN4O3. The lowest BCUT2D eigenvalue weighted by molar-refractivity contribution is 0.0527. The molecule has 0 aliphatic rings. The molecule has 1 aromatic heterocycles. The van der Waals surface area contributed by atoms with Gasteiger partial charge in [-0.05, 0) is 39.3 Å². The number of hydrogen-bond donors (Lipinski definition) is 3. The quantitative estimate of drug-likeness (QED) is 0.256. The van der Waals surface area contributed by atoms with Gasteiger partial charge in [0.1, 0.15) is 11.4 Å². The monoisotopic (exact) mass is 452 g/mol. The fraction of sp³-hybridized carbons (Fsp3) is 0.625. The van der Waals surface area contributed by atoms with Gasteiger partial charge in [-0.2, -0.15) is 0 Å². The minimum atomic E-state index is -0.470. The summed E-state index contributed by atoms with van der Waals surface area (Å²) in [6, 6.07) is 3.82. The number of furan rings is 1. The molecule has 8 heteroatoms. The highest BCUT2D eigenvalue weighted by Crippen LogP contribution is 2.06. The smallest absolute Gasteiger partial charge is 0.407 e. The summed E-state index contributed by atoms with van der Waals surface area (Å²) in [7, 11) is 1.72. The van der Waals surface area contributed by atoms with Crippen molar-refractivity contribution >= 4 is 36.0 Å². The van der Waals surface area contributed by atoms with Crippen LogP contribution in [0.3, 0.4) is 0 Å². The number of carbonyl (C=O) groups is 1. The molecule has 0 saturated heterocycles. The normalized spacial score (nSPS) is 11.4. The van der Waals surface area contributed by atoms with Gasteiger partial charge in [-0.25, -0.2) is 4.79 Å². The molecule has 0 aromatic carbocycles. The van der Waals surface area contributed by atoms with Crippen molar-refractivity contribution in [3.8, 4) is 0 Å². The van der Waals surface area contributed by atoms with E-state index in [1.807, 2.05) is 32.9 Å². The molecule has 1 heterocycles. The summed E-state index contributed by atoms with van der Waals surface area (Å²) >= 11 is 0. The number of nitrogens with one attached hydrogen (secondary N) is 3. The van der Waals surface area contributed by atoms with E-state index >= 15 is 0 Å². The lowest BCUT2D eigenvalue weighted by Crippen LogP contribution is -2.40. The zero-order valence-corrected chi connectivity index (χ0v) is 17.2. The average Bonchev–Trinajstić information content (AvgIpc) is 2.96. The van der Waals surface area contributed by atoms with Crippen LogP contribution >= 0.6 is 24.0 Å². The van der Waals surface area contributed by atoms with E-state index in [1.54, 1.807) is 13.3 Å². The number of aliphatic imine (C=N–C) groups is 1. The number of carbonyl (C=O) groups excluding carboxylic acids is 1. The predicted molar refractivity (Wildman–Crippen MR) is 106 cm³/mol. The third kappa shape index (κ3) is 11.1. The number of hydrogen-bond acceptors (Lipinski definition) is 4. The molecule has 7 nitrogen and oxygen atoms in total. The van der Waals surface area contributed by atoms with Crippen molar-refractivity contribution in [2.45, 2.75) is 39.2 Å². The topological polar surface area (TPSA) is 87.9 Å². The first-order valence-electron chi connectivity index (χ1n) is 7.84. The van der Waals surface area contributed by atoms with Crippen molar-refractivity contribution in [2.24, 2.45) is 4.99 Å². The molecule has 138 valence electrons. The highest BCUT2D eigenvalue weighted by Gasteiger charge is 2.15. The number of rotatable bonds is 7. The molecule has 1 rings (SSSR count). The molecule has 0 saturated carbocycles. The Morgan fingerprint density at radius 2 is 1.88 bits per heavy atom. The summed E-state index contributed by atoms with van der Waals surface area (Å²) in [6.07, 6.45) is 2.85. The molecule has 24 heavy (non-hydrogen) atoms. The summed E-state index contributed by atoms with van der Waals surface area (Å²) in [5.74, 6) is 1.67. The summed E-state index contributed by atoms with van der Waals surface area (Å²) < 4.78 is 10.4. The molecule has 3 N–H and O–H groups in total. The van der Waals surface area contributed by atoms with Crippen molar-refractivity contribution in [1.82, 2.24) is 16.0 Å². The molecule has 1 amide bonds. The van der Waals surface area contributed by atoms with Gasteiger partial charge in [0.15, 0.2) is 5.96 Å². The van der Waals surface area contributed by atoms with Crippen molar-refractivity contribution in [3.05, 3.63) is 24.2 Å². The van der Waals surface area contributed by atoms with Crippen LogP contribution in [0.15, 0.2) is 27.8 Å². The molecule has 0 fully saturated rings. The van der Waals surface area contributed by atoms with Gasteiger partial charge in [0, 0.05) is 33.1 Å². The lowest BCUT2D eigenvalue weighted by Gasteiger charge is -2.19. The maximum Gasteiger partial charge on any atom is 0.407 e. The van der Waals surface area contributed by atoms with Gasteiger partial charge in [-0.3, -0.25) is 4.99 Å². The summed E-state index contributed by atoms with van der Waals surface area (Å²) in [6.45, 7) is 7.51. The first kappa shape index (κ1) is 22.6. The van der Waals surface area contributed by atoms with Crippen molar-refractivity contribution in [2.75, 3.05) is 26.7 Å². The van der Waals surface area contributed by atoms with E-state index in [4.69, 9.17) is 9.15 Å². The van der Waals surface area contributed by atoms with Crippen LogP contribution in [0.2, 0.25) is 0 Å². The fourth-order valence-corrected chi connectivity index (χ4v) is 1.78. The van der Waals surface area contributed by atoms with Crippen LogP contribution in [0.5, 0.6) is 0 Å². The number of alkyl carbamates (subject to hydrolysis) is 1. The Balaban J connectivity index is 0.00000529. The number of halogens is 1. The SMILES string of the molecule is CN=C(NCCCNC(=O)OC(C)(C)C)NCCc1ccco1.I. The Labute approximate surface area is 161 Å². The molecule has 0 radical (unpaired) electrons. The lowest BCUT2D eigenvalue weighted by atomic mass is 10.2. The molecule has 1 aromatic rings. The van der Waals surface area contributed by atoms with E-state index in [1.165, 1.54) is 0 Å². The average molecular weight is 452 g/mol. The molecule has 0 atom stereocenters. The van der Waals surface area contributed by atoms with Crippen LogP contribution in [0.25, 0.3) is 0 Å². The zero-order valence-electron chi connectivity index (χ0n) is 14.8. The van der Waals surface area contributed by atoms with Crippen LogP contribution in [-0.4, -0.2) is 44.3 Å². The number of amides is 1. The van der Waals surface area contributed by atoms with E-state index in [2.05, 4.69) is 20.9 Å². The molecule has 0 bridgehead atoms. The summed E-state index contributed by atoms with van der Waals surface area (Å²) in [5, 5.41) is 9.11. The zero-order chi connectivity index (χ0) is 17.1. The second kappa shape index (κ2) is 12.0. The third-order valence-corrected chi connectivity index (χ3v) is 2.78. The van der Waals surface area contributed by atoms with E-state index in [9.17, 15) is 4.79 Å². The van der Waals surface area contributed by atoms with E-state index in [0.29, 0.717) is 13.1 Å². The van der Waals surface area contributed by atoms with Crippen LogP contribution < -0.4 is 16.0 Å². The largest absolute Gasteiger partial charge is 0.469 e. The molecule has 0 aliphatic heterocycles. The van der Waals surface area contributed by atoms with Crippen LogP contribution in [0.4, 0.5) is 4.79 Å². The van der Waals surface area contributed by atoms with Crippen molar-refractivity contribution in [1.29, 1.82) is 0 Å². The molecule has 0 spiro atoms. The van der Waals surface area contributed by atoms with Crippen LogP contribution in [0, 0.1) is 0 Å². The van der Waals surface area contributed by atoms with Gasteiger partial charge in [-0.1, -0.05) is 0 Å². The Morgan fingerprint density at radius 1 is 1.21 bits per heavy atom. The first-order valence-corrected chi connectivity index (χ1v) is 7.84. The van der Waals surface area contributed by atoms with Gasteiger partial charge in [-0.15, -0.1) is 24.0 Å². The van der Waals surface area contributed by atoms with Crippen LogP contribution in [0.1, 0.15) is 33.0 Å². The van der Waals surface area contributed by atoms with Gasteiger partial charge < -0.3 is 25.1 Å². The van der Waals surface area contributed by atoms with Gasteiger partial charge in [0.2, 0.25) is 0 Å². The van der Waals surface area contributed by atoms with Gasteiger partial charge in [0.05, 0.1) is 6.26 Å². The van der Waals surface area contributed by atoms with E-state index < -0.39 is 11.7 Å². The number of guanidine groups is 1. The number of nitrogens with zero attached hydrogens (tertiary/aromatic N) is 1. The minimum absolute atomic E-state index is 0. The highest BCUT2D eigenvalue weighted by molar-refractivity contribution is 14.0. The summed E-state index contributed by atoms with van der Waals surface area (Å²) in [4.78, 5) is 15.6. The Bertz CT molecular complexity index is 484. The Morgan fingerprint density at radius 3 is 2.46 bits per heavy atom. The van der Waals surface area contributed by atoms with E-state index in [0.717, 1.165) is 31.1 Å². The molecular weight excluding hydrogens is 423 g/mol. The second-order valence-corrected chi connectivity index (χ2v) is 6.04. The first-order chi connectivity index (χ1) is 10.9. The van der Waals surface area contributed by atoms with Crippen LogP contribution in [-0.2, 0) is 11.2 Å². The fourth-order valence-electron chi connectivity index (χ4n) is 1.78. The van der Waals surface area contributed by atoms with Gasteiger partial charge >= 0.3 is 6.09 Å². The van der Waals surface area contributed by atoms with E-state index in [-0.39, 0.29) is 24.0 Å². The van der Waals surface area contributed by atoms with Crippen molar-refractivity contribution in [3.63, 3.8) is 0 Å². The Kier molecular flexibility index (Phi) is 11.3. The second-order valence-electron chi connectivity index (χ2n) is 6.04. The molecule has 0 unspecified atom stereocenters. The maximum absolute atomic E-state index is 11.5. The Hall–Kier alpha value is -1.45. The van der Waals surface area contributed by atoms with Crippen molar-refractivity contribution < 1.29 is 13.9 Å². The summed E-state index contributed by atoms with van der Waals surface area (Å²) in [5.41, 5.74) is -0.470. The highest BCUT2D eigenvalue weighted by atomic mass is 127. The predicted octanol–water partition coefficient (Wildman–Crippen LogP) is 2.52. The number of ether oxygens (including phenoxy) is 1. The standard InChI is InChI=1S/C16H28N4O3.HI/c1-16(2,3)23-15(21)20-10-6-9-18-14(17-4)19-11-8-13-7-5-12-22-13;/h5,7,12H,6,8-11H2,1-4H3,(H,20,21)(H2,17,18,19);1H. The minimum Gasteiger partial charge on any atom is -0.469 e. The van der Waals surface area contributed by atoms with Gasteiger partial charge in [0.25, 0.3) is 0 Å². The maximum atomic E-state index is 11.5.